The van der Waals surface area contributed by atoms with Gasteiger partial charge in [0, 0.05) is 47.0 Å². The lowest BCUT2D eigenvalue weighted by atomic mass is 9.92. The Morgan fingerprint density at radius 3 is 2.53 bits per heavy atom. The molecule has 3 aromatic rings. The first kappa shape index (κ1) is 25.4. The fourth-order valence-electron chi connectivity index (χ4n) is 5.27. The highest BCUT2D eigenvalue weighted by Crippen LogP contribution is 2.46. The van der Waals surface area contributed by atoms with E-state index in [9.17, 15) is 13.2 Å². The molecule has 36 heavy (non-hydrogen) atoms. The minimum atomic E-state index is -3.40. The number of benzene rings is 2. The van der Waals surface area contributed by atoms with Crippen molar-refractivity contribution in [3.05, 3.63) is 64.0 Å². The van der Waals surface area contributed by atoms with Crippen molar-refractivity contribution in [1.29, 1.82) is 0 Å². The van der Waals surface area contributed by atoms with E-state index in [1.165, 1.54) is 28.4 Å². The van der Waals surface area contributed by atoms with Crippen molar-refractivity contribution in [2.75, 3.05) is 51.3 Å². The molecule has 2 aliphatic rings. The summed E-state index contributed by atoms with van der Waals surface area (Å²) in [6, 6.07) is 9.01. The lowest BCUT2D eigenvalue weighted by molar-refractivity contribution is -0.0787. The molecule has 0 saturated carbocycles. The lowest BCUT2D eigenvalue weighted by Gasteiger charge is -2.40. The van der Waals surface area contributed by atoms with Gasteiger partial charge in [0.2, 0.25) is 0 Å². The number of hydrogen-bond acceptors (Lipinski definition) is 5. The number of nitrogens with zero attached hydrogens (tertiary/aromatic N) is 2. The Labute approximate surface area is 210 Å². The molecule has 5 rings (SSSR count). The number of hydrogen-bond donors (Lipinski definition) is 2. The molecule has 1 saturated heterocycles. The number of alkyl halides is 3. The molecule has 4 nitrogen and oxygen atoms in total. The van der Waals surface area contributed by atoms with E-state index in [0.29, 0.717) is 37.4 Å². The van der Waals surface area contributed by atoms with E-state index in [1.54, 1.807) is 0 Å². The third-order valence-corrected chi connectivity index (χ3v) is 8.21. The van der Waals surface area contributed by atoms with Crippen LogP contribution in [0.1, 0.15) is 28.5 Å². The topological polar surface area (TPSA) is 38.7 Å². The van der Waals surface area contributed by atoms with Gasteiger partial charge in [-0.05, 0) is 42.0 Å². The van der Waals surface area contributed by atoms with Gasteiger partial charge in [0.25, 0.3) is 5.92 Å². The fourth-order valence-corrected chi connectivity index (χ4v) is 6.67. The molecule has 2 N–H and O–H groups in total. The van der Waals surface area contributed by atoms with E-state index in [0.717, 1.165) is 15.6 Å². The Balaban J connectivity index is 1.47. The monoisotopic (exact) mass is 525 g/mol. The van der Waals surface area contributed by atoms with Crippen molar-refractivity contribution in [2.45, 2.75) is 30.8 Å². The predicted octanol–water partition coefficient (Wildman–Crippen LogP) is 5.21. The van der Waals surface area contributed by atoms with Gasteiger partial charge in [-0.25, -0.2) is 17.6 Å². The quantitative estimate of drug-likeness (QED) is 0.377. The van der Waals surface area contributed by atoms with Gasteiger partial charge >= 0.3 is 0 Å². The lowest BCUT2D eigenvalue weighted by Crippen LogP contribution is -2.54. The van der Waals surface area contributed by atoms with Crippen LogP contribution >= 0.6 is 11.3 Å². The Kier molecular flexibility index (Phi) is 7.22. The van der Waals surface area contributed by atoms with Gasteiger partial charge in [0.15, 0.2) is 0 Å². The first-order chi connectivity index (χ1) is 17.3. The van der Waals surface area contributed by atoms with Crippen molar-refractivity contribution < 1.29 is 27.1 Å². The van der Waals surface area contributed by atoms with Gasteiger partial charge in [-0.1, -0.05) is 18.2 Å². The van der Waals surface area contributed by atoms with Gasteiger partial charge in [-0.2, -0.15) is 0 Å². The minimum absolute atomic E-state index is 0.00196. The molecule has 1 fully saturated rings. The summed E-state index contributed by atoms with van der Waals surface area (Å²) in [6.07, 6.45) is 0.929. The van der Waals surface area contributed by atoms with Gasteiger partial charge in [-0.15, -0.1) is 11.3 Å². The molecular formula is C26H28F5N3OS. The van der Waals surface area contributed by atoms with Crippen molar-refractivity contribution in [2.24, 2.45) is 0 Å². The molecule has 1 aromatic heterocycles. The Morgan fingerprint density at radius 2 is 1.83 bits per heavy atom. The molecule has 10 heteroatoms. The molecule has 0 bridgehead atoms. The molecule has 0 radical (unpaired) electrons. The van der Waals surface area contributed by atoms with Gasteiger partial charge in [0.05, 0.1) is 25.3 Å². The number of aliphatic hydroxyl groups excluding tert-OH is 1. The van der Waals surface area contributed by atoms with Crippen molar-refractivity contribution in [3.8, 4) is 0 Å². The van der Waals surface area contributed by atoms with Crippen LogP contribution in [-0.2, 0) is 6.42 Å². The maximum absolute atomic E-state index is 15.6. The first-order valence-corrected chi connectivity index (χ1v) is 12.9. The molecule has 3 heterocycles. The molecule has 0 amide bonds. The first-order valence-electron chi connectivity index (χ1n) is 12.1. The summed E-state index contributed by atoms with van der Waals surface area (Å²) in [5.74, 6) is -5.02. The van der Waals surface area contributed by atoms with Crippen LogP contribution < -0.4 is 5.32 Å². The number of nitrogens with one attached hydrogen (secondary N) is 1. The maximum atomic E-state index is 15.6. The molecular weight excluding hydrogens is 497 g/mol. The maximum Gasteiger partial charge on any atom is 0.283 e. The molecule has 0 aliphatic carbocycles. The largest absolute Gasteiger partial charge is 0.390 e. The Bertz CT molecular complexity index is 1210. The average Bonchev–Trinajstić information content (AvgIpc) is 3.19. The Morgan fingerprint density at radius 1 is 1.11 bits per heavy atom. The highest BCUT2D eigenvalue weighted by atomic mass is 32.1. The minimum Gasteiger partial charge on any atom is -0.390 e. The SMILES string of the molecule is OCC(F)(F)CN1CCc2c(sc3ccccc23)[C@@H]1c1c(F)cc(NC2CN(CCCF)C2)cc1F. The van der Waals surface area contributed by atoms with Crippen LogP contribution in [0.5, 0.6) is 0 Å². The number of fused-ring (bicyclic) bond motifs is 3. The highest BCUT2D eigenvalue weighted by molar-refractivity contribution is 7.19. The summed E-state index contributed by atoms with van der Waals surface area (Å²) in [6.45, 7) is -0.389. The van der Waals surface area contributed by atoms with Crippen molar-refractivity contribution >= 4 is 27.1 Å². The number of aliphatic hydroxyl groups is 1. The van der Waals surface area contributed by atoms with Crippen LogP contribution in [0.15, 0.2) is 36.4 Å². The van der Waals surface area contributed by atoms with Crippen molar-refractivity contribution in [1.82, 2.24) is 9.80 Å². The summed E-state index contributed by atoms with van der Waals surface area (Å²) in [5, 5.41) is 13.2. The smallest absolute Gasteiger partial charge is 0.283 e. The van der Waals surface area contributed by atoms with Crippen molar-refractivity contribution in [3.63, 3.8) is 0 Å². The second kappa shape index (κ2) is 10.2. The zero-order valence-corrected chi connectivity index (χ0v) is 20.4. The van der Waals surface area contributed by atoms with Crippen LogP contribution in [0.25, 0.3) is 10.1 Å². The zero-order chi connectivity index (χ0) is 25.4. The Hall–Kier alpha value is -2.27. The molecule has 194 valence electrons. The normalized spacial score (nSPS) is 19.4. The number of thiophene rings is 1. The van der Waals surface area contributed by atoms with E-state index in [2.05, 4.69) is 10.2 Å². The number of likely N-dealkylation sites (tertiary alicyclic amines) is 1. The molecule has 2 aromatic carbocycles. The van der Waals surface area contributed by atoms with E-state index in [1.807, 2.05) is 24.3 Å². The molecule has 0 spiro atoms. The fraction of sp³-hybridized carbons (Fsp3) is 0.462. The van der Waals surface area contributed by atoms with Crippen LogP contribution in [-0.4, -0.2) is 72.9 Å². The van der Waals surface area contributed by atoms with E-state index >= 15 is 8.78 Å². The summed E-state index contributed by atoms with van der Waals surface area (Å²) in [5.41, 5.74) is 0.941. The predicted molar refractivity (Wildman–Crippen MR) is 132 cm³/mol. The number of halogens is 5. The van der Waals surface area contributed by atoms with Gasteiger partial charge in [0.1, 0.15) is 18.2 Å². The van der Waals surface area contributed by atoms with E-state index in [4.69, 9.17) is 5.11 Å². The number of rotatable bonds is 9. The summed E-state index contributed by atoms with van der Waals surface area (Å²) < 4.78 is 72.9. The second-order valence-corrected chi connectivity index (χ2v) is 10.7. The molecule has 1 atom stereocenters. The van der Waals surface area contributed by atoms with Crippen LogP contribution in [0.2, 0.25) is 0 Å². The van der Waals surface area contributed by atoms with E-state index < -0.39 is 36.8 Å². The zero-order valence-electron chi connectivity index (χ0n) is 19.6. The van der Waals surface area contributed by atoms with E-state index in [-0.39, 0.29) is 30.5 Å². The number of anilines is 1. The highest BCUT2D eigenvalue weighted by Gasteiger charge is 2.41. The van der Waals surface area contributed by atoms with Gasteiger partial charge < -0.3 is 10.4 Å². The summed E-state index contributed by atoms with van der Waals surface area (Å²) >= 11 is 1.36. The molecule has 0 unspecified atom stereocenters. The second-order valence-electron chi connectivity index (χ2n) is 9.58. The van der Waals surface area contributed by atoms with Crippen LogP contribution in [0.4, 0.5) is 27.6 Å². The third-order valence-electron chi connectivity index (χ3n) is 6.95. The van der Waals surface area contributed by atoms with Crippen LogP contribution in [0.3, 0.4) is 0 Å². The third kappa shape index (κ3) is 4.96. The average molecular weight is 526 g/mol. The summed E-state index contributed by atoms with van der Waals surface area (Å²) in [4.78, 5) is 4.08. The van der Waals surface area contributed by atoms with Gasteiger partial charge in [-0.3, -0.25) is 14.2 Å². The standard InChI is InChI=1S/C26H28F5N3OS/c27-7-3-8-33-12-17(13-33)32-16-10-20(28)23(21(29)11-16)24-25-19(18-4-1-2-5-22(18)36-25)6-9-34(24)14-26(30,31)15-35/h1-2,4-5,10-11,17,24,32,35H,3,6-9,12-15H2/t24-/m0/s1. The summed E-state index contributed by atoms with van der Waals surface area (Å²) in [7, 11) is 0. The molecule has 2 aliphatic heterocycles. The van der Waals surface area contributed by atoms with Crippen LogP contribution in [0, 0.1) is 11.6 Å².